The summed E-state index contributed by atoms with van der Waals surface area (Å²) in [5, 5.41) is 11.4. The van der Waals surface area contributed by atoms with E-state index in [0.717, 1.165) is 37.1 Å². The Morgan fingerprint density at radius 1 is 1.07 bits per heavy atom. The van der Waals surface area contributed by atoms with Crippen LogP contribution in [0.25, 0.3) is 11.0 Å². The Balaban J connectivity index is 1.39. The number of nitrogens with zero attached hydrogens (tertiary/aromatic N) is 4. The van der Waals surface area contributed by atoms with E-state index < -0.39 is 0 Å². The topological polar surface area (TPSA) is 95.7 Å². The molecule has 1 aliphatic rings. The average molecular weight is 385 g/mol. The van der Waals surface area contributed by atoms with Crippen molar-refractivity contribution in [3.63, 3.8) is 0 Å². The van der Waals surface area contributed by atoms with E-state index in [0.29, 0.717) is 5.65 Å². The first kappa shape index (κ1) is 17.5. The molecule has 146 valence electrons. The SMILES string of the molecule is Nc1nc(NC2Cc3ccccc3N(CCc3ccccc3)C2)c2cn[nH]c2n1. The highest BCUT2D eigenvalue weighted by molar-refractivity contribution is 5.87. The second-order valence-corrected chi connectivity index (χ2v) is 7.42. The van der Waals surface area contributed by atoms with Gasteiger partial charge in [0, 0.05) is 24.8 Å². The molecule has 1 aliphatic heterocycles. The molecule has 0 radical (unpaired) electrons. The van der Waals surface area contributed by atoms with E-state index in [4.69, 9.17) is 5.73 Å². The maximum Gasteiger partial charge on any atom is 0.224 e. The van der Waals surface area contributed by atoms with E-state index in [1.807, 2.05) is 0 Å². The number of nitrogen functional groups attached to an aromatic ring is 1. The zero-order valence-corrected chi connectivity index (χ0v) is 16.0. The van der Waals surface area contributed by atoms with Crippen LogP contribution < -0.4 is 16.0 Å². The maximum absolute atomic E-state index is 5.88. The van der Waals surface area contributed by atoms with Crippen molar-refractivity contribution in [3.05, 3.63) is 71.9 Å². The van der Waals surface area contributed by atoms with Gasteiger partial charge in [0.1, 0.15) is 5.82 Å². The van der Waals surface area contributed by atoms with Gasteiger partial charge in [0.05, 0.1) is 11.6 Å². The minimum absolute atomic E-state index is 0.216. The molecule has 0 fully saturated rings. The standard InChI is InChI=1S/C22H23N7/c23-22-26-20(18-13-24-28-21(18)27-22)25-17-12-16-8-4-5-9-19(16)29(14-17)11-10-15-6-2-1-3-7-15/h1-9,13,17H,10-12,14H2,(H4,23,24,25,26,27,28). The third-order valence-corrected chi connectivity index (χ3v) is 5.42. The van der Waals surface area contributed by atoms with Gasteiger partial charge in [0.2, 0.25) is 5.95 Å². The largest absolute Gasteiger partial charge is 0.369 e. The molecule has 7 heteroatoms. The molecule has 3 heterocycles. The van der Waals surface area contributed by atoms with Crippen LogP contribution in [-0.2, 0) is 12.8 Å². The molecule has 2 aromatic heterocycles. The number of para-hydroxylation sites is 1. The summed E-state index contributed by atoms with van der Waals surface area (Å²) in [5.74, 6) is 0.968. The number of fused-ring (bicyclic) bond motifs is 2. The van der Waals surface area contributed by atoms with Crippen molar-refractivity contribution in [1.82, 2.24) is 20.2 Å². The summed E-state index contributed by atoms with van der Waals surface area (Å²) >= 11 is 0. The van der Waals surface area contributed by atoms with Gasteiger partial charge in [-0.25, -0.2) is 0 Å². The number of benzene rings is 2. The number of anilines is 3. The molecule has 0 saturated heterocycles. The zero-order valence-electron chi connectivity index (χ0n) is 16.0. The Morgan fingerprint density at radius 3 is 2.79 bits per heavy atom. The third-order valence-electron chi connectivity index (χ3n) is 5.42. The van der Waals surface area contributed by atoms with Crippen molar-refractivity contribution in [1.29, 1.82) is 0 Å². The van der Waals surface area contributed by atoms with Crippen LogP contribution in [0.1, 0.15) is 11.1 Å². The molecule has 7 nitrogen and oxygen atoms in total. The normalized spacial score (nSPS) is 16.0. The molecule has 0 aliphatic carbocycles. The molecular weight excluding hydrogens is 362 g/mol. The summed E-state index contributed by atoms with van der Waals surface area (Å²) < 4.78 is 0. The van der Waals surface area contributed by atoms with Crippen molar-refractivity contribution in [2.45, 2.75) is 18.9 Å². The zero-order chi connectivity index (χ0) is 19.6. The highest BCUT2D eigenvalue weighted by Crippen LogP contribution is 2.29. The highest BCUT2D eigenvalue weighted by atomic mass is 15.2. The van der Waals surface area contributed by atoms with Gasteiger partial charge in [0.15, 0.2) is 5.65 Å². The highest BCUT2D eigenvalue weighted by Gasteiger charge is 2.25. The van der Waals surface area contributed by atoms with E-state index in [2.05, 4.69) is 85.0 Å². The molecular formula is C22H23N7. The van der Waals surface area contributed by atoms with Gasteiger partial charge in [-0.1, -0.05) is 48.5 Å². The summed E-state index contributed by atoms with van der Waals surface area (Å²) in [6.45, 7) is 1.86. The number of rotatable bonds is 5. The second-order valence-electron chi connectivity index (χ2n) is 7.42. The predicted molar refractivity (Wildman–Crippen MR) is 116 cm³/mol. The van der Waals surface area contributed by atoms with Crippen molar-refractivity contribution in [3.8, 4) is 0 Å². The Morgan fingerprint density at radius 2 is 1.90 bits per heavy atom. The fourth-order valence-electron chi connectivity index (χ4n) is 4.06. The lowest BCUT2D eigenvalue weighted by molar-refractivity contribution is 0.627. The van der Waals surface area contributed by atoms with Gasteiger partial charge in [-0.15, -0.1) is 0 Å². The van der Waals surface area contributed by atoms with E-state index in [1.165, 1.54) is 16.8 Å². The van der Waals surface area contributed by atoms with Crippen molar-refractivity contribution in [2.24, 2.45) is 0 Å². The Labute approximate surface area is 169 Å². The first-order valence-electron chi connectivity index (χ1n) is 9.86. The molecule has 0 spiro atoms. The molecule has 0 bridgehead atoms. The molecule has 4 N–H and O–H groups in total. The fraction of sp³-hybridized carbons (Fsp3) is 0.227. The summed E-state index contributed by atoms with van der Waals surface area (Å²) in [7, 11) is 0. The maximum atomic E-state index is 5.88. The number of H-pyrrole nitrogens is 1. The van der Waals surface area contributed by atoms with Crippen LogP contribution in [0.3, 0.4) is 0 Å². The minimum Gasteiger partial charge on any atom is -0.369 e. The van der Waals surface area contributed by atoms with Crippen LogP contribution in [0.15, 0.2) is 60.8 Å². The number of hydrogen-bond donors (Lipinski definition) is 3. The molecule has 0 amide bonds. The molecule has 1 atom stereocenters. The summed E-state index contributed by atoms with van der Waals surface area (Å²) in [5.41, 5.74) is 10.5. The van der Waals surface area contributed by atoms with Crippen LogP contribution >= 0.6 is 0 Å². The quantitative estimate of drug-likeness (QED) is 0.489. The van der Waals surface area contributed by atoms with Crippen molar-refractivity contribution < 1.29 is 0 Å². The number of hydrogen-bond acceptors (Lipinski definition) is 6. The van der Waals surface area contributed by atoms with E-state index in [-0.39, 0.29) is 12.0 Å². The lowest BCUT2D eigenvalue weighted by atomic mass is 9.97. The number of aromatic nitrogens is 4. The Bertz CT molecular complexity index is 1120. The number of nitrogens with two attached hydrogens (primary N) is 1. The smallest absolute Gasteiger partial charge is 0.224 e. The number of nitrogens with one attached hydrogen (secondary N) is 2. The summed E-state index contributed by atoms with van der Waals surface area (Å²) in [6.07, 6.45) is 3.68. The van der Waals surface area contributed by atoms with Crippen LogP contribution in [0, 0.1) is 0 Å². The van der Waals surface area contributed by atoms with Gasteiger partial charge in [-0.2, -0.15) is 15.1 Å². The van der Waals surface area contributed by atoms with Crippen LogP contribution in [0.2, 0.25) is 0 Å². The van der Waals surface area contributed by atoms with E-state index in [9.17, 15) is 0 Å². The lowest BCUT2D eigenvalue weighted by Gasteiger charge is -2.37. The Hall–Kier alpha value is -3.61. The number of aromatic amines is 1. The molecule has 29 heavy (non-hydrogen) atoms. The van der Waals surface area contributed by atoms with Gasteiger partial charge >= 0.3 is 0 Å². The minimum atomic E-state index is 0.216. The van der Waals surface area contributed by atoms with Crippen molar-refractivity contribution in [2.75, 3.05) is 29.0 Å². The van der Waals surface area contributed by atoms with Crippen LogP contribution in [0.4, 0.5) is 17.5 Å². The van der Waals surface area contributed by atoms with Gasteiger partial charge < -0.3 is 16.0 Å². The fourth-order valence-corrected chi connectivity index (χ4v) is 4.06. The predicted octanol–water partition coefficient (Wildman–Crippen LogP) is 3.02. The van der Waals surface area contributed by atoms with Gasteiger partial charge in [-0.05, 0) is 30.0 Å². The van der Waals surface area contributed by atoms with Gasteiger partial charge in [0.25, 0.3) is 0 Å². The monoisotopic (exact) mass is 385 g/mol. The summed E-state index contributed by atoms with van der Waals surface area (Å²) in [6, 6.07) is 19.5. The molecule has 2 aromatic carbocycles. The molecule has 5 rings (SSSR count). The van der Waals surface area contributed by atoms with Gasteiger partial charge in [-0.3, -0.25) is 5.10 Å². The summed E-state index contributed by atoms with van der Waals surface area (Å²) in [4.78, 5) is 11.1. The average Bonchev–Trinajstić information content (AvgIpc) is 3.21. The van der Waals surface area contributed by atoms with Crippen molar-refractivity contribution >= 4 is 28.5 Å². The molecule has 4 aromatic rings. The van der Waals surface area contributed by atoms with E-state index in [1.54, 1.807) is 6.20 Å². The lowest BCUT2D eigenvalue weighted by Crippen LogP contribution is -2.43. The van der Waals surface area contributed by atoms with E-state index >= 15 is 0 Å². The first-order chi connectivity index (χ1) is 14.3. The van der Waals surface area contributed by atoms with Crippen LogP contribution in [0.5, 0.6) is 0 Å². The molecule has 0 saturated carbocycles. The van der Waals surface area contributed by atoms with Crippen LogP contribution in [-0.4, -0.2) is 39.3 Å². The molecule has 1 unspecified atom stereocenters. The second kappa shape index (κ2) is 7.43. The Kier molecular flexibility index (Phi) is 4.48. The third kappa shape index (κ3) is 3.59. The first-order valence-corrected chi connectivity index (χ1v) is 9.86.